The van der Waals surface area contributed by atoms with E-state index in [1.807, 2.05) is 19.0 Å². The molecule has 2 aromatic carbocycles. The highest BCUT2D eigenvalue weighted by Crippen LogP contribution is 2.36. The molecule has 146 valence electrons. The standard InChI is InChI=1S/C20H22N4O4/c1-24(2)11-10-21-19(25)14-8-4-6-12-16(23-20(26)27)13-7-5-9-15(28-3)18(13)22-17(12)14/h4-9H,10-11H2,1-3H3,(H,21,25)(H,22,23)(H,26,27). The number of methoxy groups -OCH3 is 1. The molecule has 0 saturated carbocycles. The molecule has 0 spiro atoms. The molecule has 0 radical (unpaired) electrons. The van der Waals surface area contributed by atoms with Crippen molar-refractivity contribution in [3.8, 4) is 5.75 Å². The highest BCUT2D eigenvalue weighted by molar-refractivity contribution is 6.17. The number of ether oxygens (including phenoxy) is 1. The monoisotopic (exact) mass is 382 g/mol. The van der Waals surface area contributed by atoms with Gasteiger partial charge in [0.1, 0.15) is 11.3 Å². The lowest BCUT2D eigenvalue weighted by Gasteiger charge is -2.15. The van der Waals surface area contributed by atoms with Gasteiger partial charge < -0.3 is 20.1 Å². The summed E-state index contributed by atoms with van der Waals surface area (Å²) >= 11 is 0. The number of rotatable bonds is 6. The van der Waals surface area contributed by atoms with E-state index in [4.69, 9.17) is 4.74 Å². The zero-order valence-electron chi connectivity index (χ0n) is 15.9. The lowest BCUT2D eigenvalue weighted by Crippen LogP contribution is -2.31. The predicted molar refractivity (Wildman–Crippen MR) is 108 cm³/mol. The molecule has 8 heteroatoms. The summed E-state index contributed by atoms with van der Waals surface area (Å²) in [4.78, 5) is 30.7. The summed E-state index contributed by atoms with van der Waals surface area (Å²) in [7, 11) is 5.37. The third-order valence-corrected chi connectivity index (χ3v) is 4.34. The predicted octanol–water partition coefficient (Wildman–Crippen LogP) is 2.78. The highest BCUT2D eigenvalue weighted by Gasteiger charge is 2.18. The smallest absolute Gasteiger partial charge is 0.409 e. The van der Waals surface area contributed by atoms with Crippen molar-refractivity contribution in [1.82, 2.24) is 15.2 Å². The van der Waals surface area contributed by atoms with Gasteiger partial charge in [-0.2, -0.15) is 0 Å². The number of carbonyl (C=O) groups is 2. The second kappa shape index (κ2) is 8.10. The number of amides is 2. The molecule has 1 aromatic heterocycles. The van der Waals surface area contributed by atoms with Gasteiger partial charge in [-0.15, -0.1) is 0 Å². The van der Waals surface area contributed by atoms with Crippen molar-refractivity contribution in [2.24, 2.45) is 0 Å². The van der Waals surface area contributed by atoms with E-state index in [0.717, 1.165) is 0 Å². The number of nitrogens with one attached hydrogen (secondary N) is 2. The molecule has 0 atom stereocenters. The summed E-state index contributed by atoms with van der Waals surface area (Å²) in [6.45, 7) is 1.19. The molecule has 0 bridgehead atoms. The average molecular weight is 382 g/mol. The van der Waals surface area contributed by atoms with Crippen LogP contribution in [0.2, 0.25) is 0 Å². The second-order valence-electron chi connectivity index (χ2n) is 6.53. The van der Waals surface area contributed by atoms with E-state index < -0.39 is 6.09 Å². The number of hydrogen-bond donors (Lipinski definition) is 3. The lowest BCUT2D eigenvalue weighted by molar-refractivity contribution is 0.0952. The van der Waals surface area contributed by atoms with Crippen LogP contribution in [0.4, 0.5) is 10.5 Å². The average Bonchev–Trinajstić information content (AvgIpc) is 2.66. The number of fused-ring (bicyclic) bond motifs is 2. The zero-order valence-corrected chi connectivity index (χ0v) is 15.9. The number of para-hydroxylation sites is 2. The Hall–Kier alpha value is -3.39. The topological polar surface area (TPSA) is 104 Å². The third kappa shape index (κ3) is 3.81. The van der Waals surface area contributed by atoms with E-state index >= 15 is 0 Å². The summed E-state index contributed by atoms with van der Waals surface area (Å²) < 4.78 is 5.38. The number of hydrogen-bond acceptors (Lipinski definition) is 5. The van der Waals surface area contributed by atoms with Crippen molar-refractivity contribution < 1.29 is 19.4 Å². The quantitative estimate of drug-likeness (QED) is 0.567. The van der Waals surface area contributed by atoms with Crippen LogP contribution in [0.25, 0.3) is 21.8 Å². The Kier molecular flexibility index (Phi) is 5.60. The van der Waals surface area contributed by atoms with Gasteiger partial charge in [-0.25, -0.2) is 9.78 Å². The second-order valence-corrected chi connectivity index (χ2v) is 6.53. The Balaban J connectivity index is 2.21. The van der Waals surface area contributed by atoms with E-state index in [-0.39, 0.29) is 5.91 Å². The summed E-state index contributed by atoms with van der Waals surface area (Å²) in [5, 5.41) is 15.8. The van der Waals surface area contributed by atoms with Crippen LogP contribution in [-0.4, -0.2) is 61.3 Å². The van der Waals surface area contributed by atoms with Crippen LogP contribution in [-0.2, 0) is 0 Å². The first-order valence-corrected chi connectivity index (χ1v) is 8.74. The van der Waals surface area contributed by atoms with Crippen LogP contribution in [0.1, 0.15) is 10.4 Å². The van der Waals surface area contributed by atoms with Crippen molar-refractivity contribution in [3.05, 3.63) is 42.0 Å². The molecule has 28 heavy (non-hydrogen) atoms. The molecule has 3 N–H and O–H groups in total. The number of nitrogens with zero attached hydrogens (tertiary/aromatic N) is 2. The maximum atomic E-state index is 12.7. The van der Waals surface area contributed by atoms with Crippen LogP contribution in [0.5, 0.6) is 5.75 Å². The zero-order chi connectivity index (χ0) is 20.3. The Bertz CT molecular complexity index is 1050. The summed E-state index contributed by atoms with van der Waals surface area (Å²) in [6.07, 6.45) is -1.20. The fourth-order valence-electron chi connectivity index (χ4n) is 3.04. The van der Waals surface area contributed by atoms with Crippen LogP contribution in [0.3, 0.4) is 0 Å². The fourth-order valence-corrected chi connectivity index (χ4v) is 3.04. The largest absolute Gasteiger partial charge is 0.494 e. The minimum absolute atomic E-state index is 0.268. The normalized spacial score (nSPS) is 11.0. The Labute approximate surface area is 162 Å². The number of likely N-dealkylation sites (N-methyl/N-ethyl adjacent to an activating group) is 1. The Morgan fingerprint density at radius 1 is 1.11 bits per heavy atom. The maximum absolute atomic E-state index is 12.7. The molecule has 1 heterocycles. The minimum Gasteiger partial charge on any atom is -0.494 e. The van der Waals surface area contributed by atoms with Crippen LogP contribution < -0.4 is 15.4 Å². The van der Waals surface area contributed by atoms with E-state index in [0.29, 0.717) is 51.9 Å². The number of carbonyl (C=O) groups excluding carboxylic acids is 1. The lowest BCUT2D eigenvalue weighted by atomic mass is 10.0. The molecule has 0 fully saturated rings. The Morgan fingerprint density at radius 2 is 1.79 bits per heavy atom. The van der Waals surface area contributed by atoms with Crippen molar-refractivity contribution in [3.63, 3.8) is 0 Å². The van der Waals surface area contributed by atoms with E-state index in [9.17, 15) is 14.7 Å². The molecule has 0 saturated heterocycles. The minimum atomic E-state index is -1.20. The first-order valence-electron chi connectivity index (χ1n) is 8.74. The van der Waals surface area contributed by atoms with Gasteiger partial charge in [0.05, 0.1) is 23.9 Å². The molecule has 8 nitrogen and oxygen atoms in total. The van der Waals surface area contributed by atoms with Crippen molar-refractivity contribution in [1.29, 1.82) is 0 Å². The first-order chi connectivity index (χ1) is 13.4. The number of pyridine rings is 1. The van der Waals surface area contributed by atoms with Gasteiger partial charge in [-0.1, -0.05) is 24.3 Å². The van der Waals surface area contributed by atoms with Crippen molar-refractivity contribution >= 4 is 39.5 Å². The van der Waals surface area contributed by atoms with Gasteiger partial charge in [0.15, 0.2) is 0 Å². The summed E-state index contributed by atoms with van der Waals surface area (Å²) in [5.41, 5.74) is 1.63. The molecule has 3 aromatic rings. The molecule has 0 aliphatic carbocycles. The van der Waals surface area contributed by atoms with E-state index in [2.05, 4.69) is 15.6 Å². The maximum Gasteiger partial charge on any atom is 0.409 e. The van der Waals surface area contributed by atoms with Crippen LogP contribution in [0, 0.1) is 0 Å². The molecule has 0 aliphatic heterocycles. The number of aromatic nitrogens is 1. The third-order valence-electron chi connectivity index (χ3n) is 4.34. The summed E-state index contributed by atoms with van der Waals surface area (Å²) in [5.74, 6) is 0.228. The molecule has 3 rings (SSSR count). The Morgan fingerprint density at radius 3 is 2.43 bits per heavy atom. The number of anilines is 1. The van der Waals surface area contributed by atoms with Gasteiger partial charge in [-0.3, -0.25) is 10.1 Å². The molecule has 2 amide bonds. The molecular formula is C20H22N4O4. The van der Waals surface area contributed by atoms with Crippen molar-refractivity contribution in [2.45, 2.75) is 0 Å². The highest BCUT2D eigenvalue weighted by atomic mass is 16.5. The van der Waals surface area contributed by atoms with Crippen molar-refractivity contribution in [2.75, 3.05) is 39.6 Å². The summed E-state index contributed by atoms with van der Waals surface area (Å²) in [6, 6.07) is 10.4. The van der Waals surface area contributed by atoms with Crippen LogP contribution >= 0.6 is 0 Å². The van der Waals surface area contributed by atoms with Gasteiger partial charge in [0.2, 0.25) is 0 Å². The van der Waals surface area contributed by atoms with Crippen LogP contribution in [0.15, 0.2) is 36.4 Å². The first kappa shape index (κ1) is 19.4. The van der Waals surface area contributed by atoms with Gasteiger partial charge in [-0.05, 0) is 26.2 Å². The van der Waals surface area contributed by atoms with Gasteiger partial charge in [0, 0.05) is 23.9 Å². The molecule has 0 unspecified atom stereocenters. The number of carboxylic acid groups (broad SMARTS) is 1. The van der Waals surface area contributed by atoms with Gasteiger partial charge in [0.25, 0.3) is 5.91 Å². The molecule has 0 aliphatic rings. The van der Waals surface area contributed by atoms with E-state index in [1.165, 1.54) is 7.11 Å². The number of benzene rings is 2. The molecular weight excluding hydrogens is 360 g/mol. The fraction of sp³-hybridized carbons (Fsp3) is 0.250. The van der Waals surface area contributed by atoms with E-state index in [1.54, 1.807) is 36.4 Å². The SMILES string of the molecule is COc1cccc2c(NC(=O)O)c3cccc(C(=O)NCCN(C)C)c3nc12. The van der Waals surface area contributed by atoms with Gasteiger partial charge >= 0.3 is 6.09 Å².